The third-order valence-corrected chi connectivity index (χ3v) is 4.19. The van der Waals surface area contributed by atoms with Crippen LogP contribution >= 0.6 is 0 Å². The first-order chi connectivity index (χ1) is 9.73. The Morgan fingerprint density at radius 2 is 1.85 bits per heavy atom. The van der Waals surface area contributed by atoms with Crippen LogP contribution in [0.5, 0.6) is 0 Å². The van der Waals surface area contributed by atoms with Crippen LogP contribution in [0.2, 0.25) is 0 Å². The van der Waals surface area contributed by atoms with Gasteiger partial charge >= 0.3 is 0 Å². The van der Waals surface area contributed by atoms with Crippen LogP contribution in [0, 0.1) is 11.3 Å². The van der Waals surface area contributed by atoms with Gasteiger partial charge in [-0.25, -0.2) is 4.98 Å². The van der Waals surface area contributed by atoms with Crippen LogP contribution in [0.1, 0.15) is 83.9 Å². The van der Waals surface area contributed by atoms with Crippen molar-refractivity contribution in [3.63, 3.8) is 0 Å². The van der Waals surface area contributed by atoms with Gasteiger partial charge in [-0.15, -0.1) is 0 Å². The highest BCUT2D eigenvalue weighted by Crippen LogP contribution is 2.32. The Morgan fingerprint density at radius 3 is 2.45 bits per heavy atom. The van der Waals surface area contributed by atoms with Crippen molar-refractivity contribution in [3.05, 3.63) is 18.2 Å². The van der Waals surface area contributed by atoms with E-state index in [2.05, 4.69) is 29.9 Å². The zero-order valence-electron chi connectivity index (χ0n) is 13.1. The lowest BCUT2D eigenvalue weighted by molar-refractivity contribution is 0.365. The second-order valence-electron chi connectivity index (χ2n) is 6.03. The van der Waals surface area contributed by atoms with E-state index in [0.29, 0.717) is 6.42 Å². The molecule has 0 aliphatic heterocycles. The molecule has 3 heteroatoms. The van der Waals surface area contributed by atoms with Gasteiger partial charge in [0.2, 0.25) is 0 Å². The molecular formula is C17H29N3. The minimum atomic E-state index is 0.0304. The standard InChI is InChI=1S/C17H29N3/c1-3-4-5-6-7-8-9-11-17(2,12-10-13-18)16-19-14-15-20-16/h14-15H,3-12H2,1-2H3,(H,19,20). The van der Waals surface area contributed by atoms with Gasteiger partial charge in [-0.2, -0.15) is 5.26 Å². The quantitative estimate of drug-likeness (QED) is 0.570. The SMILES string of the molecule is CCCCCCCCCC(C)(CCC#N)c1ncc[nH]1. The van der Waals surface area contributed by atoms with E-state index in [0.717, 1.165) is 18.7 Å². The molecule has 1 rings (SSSR count). The van der Waals surface area contributed by atoms with Crippen LogP contribution in [-0.4, -0.2) is 9.97 Å². The zero-order valence-corrected chi connectivity index (χ0v) is 13.1. The molecule has 0 aliphatic carbocycles. The van der Waals surface area contributed by atoms with Gasteiger partial charge in [0.1, 0.15) is 5.82 Å². The molecule has 0 aromatic carbocycles. The lowest BCUT2D eigenvalue weighted by atomic mass is 9.79. The maximum absolute atomic E-state index is 8.84. The highest BCUT2D eigenvalue weighted by molar-refractivity contribution is 5.06. The number of hydrogen-bond acceptors (Lipinski definition) is 2. The number of imidazole rings is 1. The first kappa shape index (κ1) is 16.8. The Hall–Kier alpha value is -1.30. The summed E-state index contributed by atoms with van der Waals surface area (Å²) in [5, 5.41) is 8.84. The maximum atomic E-state index is 8.84. The molecule has 3 nitrogen and oxygen atoms in total. The van der Waals surface area contributed by atoms with Gasteiger partial charge in [-0.1, -0.05) is 58.8 Å². The summed E-state index contributed by atoms with van der Waals surface area (Å²) in [6.07, 6.45) is 15.6. The number of hydrogen-bond donors (Lipinski definition) is 1. The van der Waals surface area contributed by atoms with Crippen molar-refractivity contribution >= 4 is 0 Å². The van der Waals surface area contributed by atoms with Gasteiger partial charge < -0.3 is 4.98 Å². The van der Waals surface area contributed by atoms with Crippen molar-refractivity contribution in [1.29, 1.82) is 5.26 Å². The molecular weight excluding hydrogens is 246 g/mol. The Kier molecular flexibility index (Phi) is 8.02. The number of rotatable bonds is 11. The fourth-order valence-electron chi connectivity index (χ4n) is 2.76. The van der Waals surface area contributed by atoms with Crippen LogP contribution in [0.3, 0.4) is 0 Å². The number of aromatic amines is 1. The van der Waals surface area contributed by atoms with Crippen LogP contribution in [0.4, 0.5) is 0 Å². The number of H-pyrrole nitrogens is 1. The van der Waals surface area contributed by atoms with E-state index in [1.165, 1.54) is 44.9 Å². The molecule has 0 bridgehead atoms. The summed E-state index contributed by atoms with van der Waals surface area (Å²) >= 11 is 0. The van der Waals surface area contributed by atoms with E-state index < -0.39 is 0 Å². The molecule has 0 saturated carbocycles. The number of nitrogens with one attached hydrogen (secondary N) is 1. The van der Waals surface area contributed by atoms with Crippen molar-refractivity contribution in [2.45, 2.75) is 83.5 Å². The van der Waals surface area contributed by atoms with E-state index in [1.54, 1.807) is 0 Å². The van der Waals surface area contributed by atoms with Crippen molar-refractivity contribution in [2.75, 3.05) is 0 Å². The summed E-state index contributed by atoms with van der Waals surface area (Å²) in [6, 6.07) is 2.27. The average molecular weight is 275 g/mol. The predicted octanol–water partition coefficient (Wildman–Crippen LogP) is 5.11. The van der Waals surface area contributed by atoms with Crippen LogP contribution in [-0.2, 0) is 5.41 Å². The van der Waals surface area contributed by atoms with Gasteiger partial charge in [0.15, 0.2) is 0 Å². The molecule has 1 N–H and O–H groups in total. The largest absolute Gasteiger partial charge is 0.348 e. The van der Waals surface area contributed by atoms with Gasteiger partial charge in [-0.3, -0.25) is 0 Å². The molecule has 112 valence electrons. The van der Waals surface area contributed by atoms with Gasteiger partial charge in [0.25, 0.3) is 0 Å². The molecule has 20 heavy (non-hydrogen) atoms. The first-order valence-electron chi connectivity index (χ1n) is 8.10. The summed E-state index contributed by atoms with van der Waals surface area (Å²) in [5.41, 5.74) is 0.0304. The predicted molar refractivity (Wildman–Crippen MR) is 83.4 cm³/mol. The minimum Gasteiger partial charge on any atom is -0.348 e. The fraction of sp³-hybridized carbons (Fsp3) is 0.765. The minimum absolute atomic E-state index is 0.0304. The van der Waals surface area contributed by atoms with Crippen molar-refractivity contribution in [3.8, 4) is 6.07 Å². The monoisotopic (exact) mass is 275 g/mol. The van der Waals surface area contributed by atoms with Crippen molar-refractivity contribution in [1.82, 2.24) is 9.97 Å². The number of nitrogens with zero attached hydrogens (tertiary/aromatic N) is 2. The van der Waals surface area contributed by atoms with Crippen molar-refractivity contribution in [2.24, 2.45) is 0 Å². The third-order valence-electron chi connectivity index (χ3n) is 4.19. The molecule has 1 aromatic heterocycles. The van der Waals surface area contributed by atoms with Crippen LogP contribution < -0.4 is 0 Å². The third kappa shape index (κ3) is 5.77. The summed E-state index contributed by atoms with van der Waals surface area (Å²) in [7, 11) is 0. The molecule has 0 amide bonds. The summed E-state index contributed by atoms with van der Waals surface area (Å²) in [6.45, 7) is 4.49. The summed E-state index contributed by atoms with van der Waals surface area (Å²) < 4.78 is 0. The fourth-order valence-corrected chi connectivity index (χ4v) is 2.76. The topological polar surface area (TPSA) is 52.5 Å². The van der Waals surface area contributed by atoms with E-state index in [-0.39, 0.29) is 5.41 Å². The number of unbranched alkanes of at least 4 members (excludes halogenated alkanes) is 6. The highest BCUT2D eigenvalue weighted by atomic mass is 14.9. The smallest absolute Gasteiger partial charge is 0.112 e. The Labute approximate surface area is 123 Å². The highest BCUT2D eigenvalue weighted by Gasteiger charge is 2.28. The summed E-state index contributed by atoms with van der Waals surface area (Å²) in [5.74, 6) is 1.04. The lowest BCUT2D eigenvalue weighted by Gasteiger charge is -2.26. The van der Waals surface area contributed by atoms with Gasteiger partial charge in [-0.05, 0) is 12.8 Å². The normalized spacial score (nSPS) is 13.8. The molecule has 0 spiro atoms. The van der Waals surface area contributed by atoms with Crippen LogP contribution in [0.15, 0.2) is 12.4 Å². The Morgan fingerprint density at radius 1 is 1.15 bits per heavy atom. The molecule has 1 aromatic rings. The zero-order chi connectivity index (χ0) is 14.7. The second-order valence-corrected chi connectivity index (χ2v) is 6.03. The molecule has 0 saturated heterocycles. The molecule has 0 radical (unpaired) electrons. The van der Waals surface area contributed by atoms with E-state index >= 15 is 0 Å². The van der Waals surface area contributed by atoms with Gasteiger partial charge in [0.05, 0.1) is 6.07 Å². The van der Waals surface area contributed by atoms with Gasteiger partial charge in [0, 0.05) is 24.2 Å². The van der Waals surface area contributed by atoms with Crippen molar-refractivity contribution < 1.29 is 0 Å². The first-order valence-corrected chi connectivity index (χ1v) is 8.10. The molecule has 1 atom stereocenters. The van der Waals surface area contributed by atoms with E-state index in [1.807, 2.05) is 12.4 Å². The number of aromatic nitrogens is 2. The maximum Gasteiger partial charge on any atom is 0.112 e. The average Bonchev–Trinajstić information content (AvgIpc) is 2.99. The molecule has 0 fully saturated rings. The molecule has 1 heterocycles. The summed E-state index contributed by atoms with van der Waals surface area (Å²) in [4.78, 5) is 7.65. The lowest BCUT2D eigenvalue weighted by Crippen LogP contribution is -2.23. The molecule has 0 aliphatic rings. The Bertz CT molecular complexity index is 377. The second kappa shape index (κ2) is 9.58. The van der Waals surface area contributed by atoms with E-state index in [9.17, 15) is 0 Å². The van der Waals surface area contributed by atoms with E-state index in [4.69, 9.17) is 5.26 Å². The number of nitriles is 1. The Balaban J connectivity index is 2.33. The molecule has 1 unspecified atom stereocenters. The van der Waals surface area contributed by atoms with Crippen LogP contribution in [0.25, 0.3) is 0 Å².